The number of carbonyl (C=O) groups is 1. The number of hydrogen-bond donors (Lipinski definition) is 2. The van der Waals surface area contributed by atoms with Gasteiger partial charge in [0, 0.05) is 62.4 Å². The van der Waals surface area contributed by atoms with Gasteiger partial charge in [0.25, 0.3) is 0 Å². The number of amides is 1. The molecule has 3 aliphatic heterocycles. The molecule has 9 heteroatoms. The largest absolute Gasteiger partial charge is 0.387 e. The highest BCUT2D eigenvalue weighted by molar-refractivity contribution is 5.77. The van der Waals surface area contributed by atoms with Crippen molar-refractivity contribution < 1.29 is 23.4 Å². The van der Waals surface area contributed by atoms with E-state index < -0.39 is 30.4 Å². The normalized spacial score (nSPS) is 22.5. The van der Waals surface area contributed by atoms with Crippen LogP contribution in [0.25, 0.3) is 0 Å². The van der Waals surface area contributed by atoms with E-state index in [4.69, 9.17) is 9.84 Å². The Morgan fingerprint density at radius 1 is 1.06 bits per heavy atom. The second-order valence-electron chi connectivity index (χ2n) is 9.12. The van der Waals surface area contributed by atoms with Crippen molar-refractivity contribution in [2.24, 2.45) is 0 Å². The molecular weight excluding hydrogens is 466 g/mol. The minimum absolute atomic E-state index is 0.231. The van der Waals surface area contributed by atoms with Crippen molar-refractivity contribution in [3.8, 4) is 0 Å². The summed E-state index contributed by atoms with van der Waals surface area (Å²) < 4.78 is 34.5. The van der Waals surface area contributed by atoms with Gasteiger partial charge in [-0.2, -0.15) is 0 Å². The second-order valence-corrected chi connectivity index (χ2v) is 9.12. The lowest BCUT2D eigenvalue weighted by Crippen LogP contribution is -2.49. The molecule has 3 aliphatic rings. The Bertz CT molecular complexity index is 1150. The quantitative estimate of drug-likeness (QED) is 0.664. The highest BCUT2D eigenvalue weighted by Crippen LogP contribution is 2.32. The Balaban J connectivity index is 1.30. The third kappa shape index (κ3) is 5.13. The van der Waals surface area contributed by atoms with Crippen LogP contribution in [0.2, 0.25) is 0 Å². The molecule has 36 heavy (non-hydrogen) atoms. The Morgan fingerprint density at radius 3 is 2.56 bits per heavy atom. The zero-order chi connectivity index (χ0) is 25.1. The second kappa shape index (κ2) is 10.8. The van der Waals surface area contributed by atoms with Crippen LogP contribution >= 0.6 is 0 Å². The van der Waals surface area contributed by atoms with Crippen LogP contribution < -0.4 is 15.1 Å². The average Bonchev–Trinajstić information content (AvgIpc) is 2.94. The molecule has 2 N–H and O–H groups in total. The van der Waals surface area contributed by atoms with Gasteiger partial charge in [0.1, 0.15) is 24.3 Å². The van der Waals surface area contributed by atoms with E-state index in [-0.39, 0.29) is 11.5 Å². The number of hydrogen-bond acceptors (Lipinski definition) is 6. The topological polar surface area (TPSA) is 68.3 Å². The standard InChI is InChI=1S/C27H30F2N4O3/c28-20-3-8-24(29)23(16-20)26-27(36-15-9-30-26)19-2-1-10-33(17-19)22-6-4-21(5-7-22)31-11-13-32(14-12-31)25(35)18-34/h1-8,16-17,26-27,30,34H,9-15,18H2. The number of rotatable bonds is 5. The summed E-state index contributed by atoms with van der Waals surface area (Å²) in [6.07, 6.45) is 5.58. The Hall–Kier alpha value is -3.27. The Morgan fingerprint density at radius 2 is 1.81 bits per heavy atom. The van der Waals surface area contributed by atoms with Gasteiger partial charge >= 0.3 is 0 Å². The molecule has 2 aromatic carbocycles. The number of aliphatic hydroxyl groups is 1. The molecule has 1 amide bonds. The zero-order valence-electron chi connectivity index (χ0n) is 19.9. The van der Waals surface area contributed by atoms with Crippen LogP contribution in [-0.4, -0.2) is 74.5 Å². The van der Waals surface area contributed by atoms with E-state index in [0.29, 0.717) is 45.9 Å². The molecule has 0 aliphatic carbocycles. The zero-order valence-corrected chi connectivity index (χ0v) is 19.9. The molecule has 2 fully saturated rings. The average molecular weight is 497 g/mol. The van der Waals surface area contributed by atoms with E-state index in [1.807, 2.05) is 18.4 Å². The van der Waals surface area contributed by atoms with Crippen molar-refractivity contribution in [3.63, 3.8) is 0 Å². The molecule has 0 aromatic heterocycles. The molecule has 0 saturated carbocycles. The fraction of sp³-hybridized carbons (Fsp3) is 0.370. The molecule has 5 rings (SSSR count). The number of halogens is 2. The molecular formula is C27H30F2N4O3. The molecule has 3 heterocycles. The summed E-state index contributed by atoms with van der Waals surface area (Å²) in [7, 11) is 0. The molecule has 190 valence electrons. The maximum atomic E-state index is 14.6. The predicted molar refractivity (Wildman–Crippen MR) is 134 cm³/mol. The van der Waals surface area contributed by atoms with Gasteiger partial charge in [-0.3, -0.25) is 4.79 Å². The van der Waals surface area contributed by atoms with Crippen LogP contribution in [0.1, 0.15) is 11.6 Å². The summed E-state index contributed by atoms with van der Waals surface area (Å²) in [5.74, 6) is -1.17. The monoisotopic (exact) mass is 496 g/mol. The smallest absolute Gasteiger partial charge is 0.248 e. The first kappa shape index (κ1) is 24.4. The summed E-state index contributed by atoms with van der Waals surface area (Å²) >= 11 is 0. The fourth-order valence-corrected chi connectivity index (χ4v) is 5.01. The van der Waals surface area contributed by atoms with Crippen LogP contribution in [0.15, 0.2) is 66.4 Å². The number of piperazine rings is 1. The van der Waals surface area contributed by atoms with Crippen molar-refractivity contribution in [2.45, 2.75) is 12.1 Å². The summed E-state index contributed by atoms with van der Waals surface area (Å²) in [4.78, 5) is 17.7. The van der Waals surface area contributed by atoms with Crippen LogP contribution in [0.3, 0.4) is 0 Å². The first-order valence-corrected chi connectivity index (χ1v) is 12.2. The van der Waals surface area contributed by atoms with E-state index in [9.17, 15) is 13.6 Å². The summed E-state index contributed by atoms with van der Waals surface area (Å²) in [5, 5.41) is 12.4. The molecule has 0 radical (unpaired) electrons. The van der Waals surface area contributed by atoms with E-state index in [0.717, 1.165) is 29.1 Å². The minimum atomic E-state index is -0.496. The number of ether oxygens (including phenoxy) is 1. The predicted octanol–water partition coefficient (Wildman–Crippen LogP) is 2.60. The summed E-state index contributed by atoms with van der Waals surface area (Å²) in [6, 6.07) is 11.2. The lowest BCUT2D eigenvalue weighted by Gasteiger charge is -2.37. The number of nitrogens with zero attached hydrogens (tertiary/aromatic N) is 3. The van der Waals surface area contributed by atoms with Gasteiger partial charge < -0.3 is 29.9 Å². The van der Waals surface area contributed by atoms with Crippen molar-refractivity contribution in [1.82, 2.24) is 10.2 Å². The van der Waals surface area contributed by atoms with Gasteiger partial charge in [0.05, 0.1) is 12.6 Å². The number of nitrogens with one attached hydrogen (secondary N) is 1. The number of carbonyl (C=O) groups excluding carboxylic acids is 1. The first-order chi connectivity index (χ1) is 17.5. The summed E-state index contributed by atoms with van der Waals surface area (Å²) in [6.45, 7) is 3.88. The fourth-order valence-electron chi connectivity index (χ4n) is 5.01. The van der Waals surface area contributed by atoms with Crippen molar-refractivity contribution in [1.29, 1.82) is 0 Å². The van der Waals surface area contributed by atoms with Crippen LogP contribution in [-0.2, 0) is 9.53 Å². The maximum absolute atomic E-state index is 14.6. The highest BCUT2D eigenvalue weighted by atomic mass is 19.1. The molecule has 2 aromatic rings. The number of benzene rings is 2. The van der Waals surface area contributed by atoms with E-state index in [1.54, 1.807) is 4.90 Å². The lowest BCUT2D eigenvalue weighted by molar-refractivity contribution is -0.134. The molecule has 2 atom stereocenters. The van der Waals surface area contributed by atoms with Gasteiger partial charge in [-0.05, 0) is 48.0 Å². The molecule has 0 spiro atoms. The van der Waals surface area contributed by atoms with Crippen molar-refractivity contribution >= 4 is 17.3 Å². The van der Waals surface area contributed by atoms with Crippen molar-refractivity contribution in [2.75, 3.05) is 62.3 Å². The highest BCUT2D eigenvalue weighted by Gasteiger charge is 2.32. The van der Waals surface area contributed by atoms with Gasteiger partial charge in [0.2, 0.25) is 5.91 Å². The van der Waals surface area contributed by atoms with Crippen LogP contribution in [0.4, 0.5) is 20.2 Å². The van der Waals surface area contributed by atoms with E-state index >= 15 is 0 Å². The number of morpholine rings is 1. The lowest BCUT2D eigenvalue weighted by atomic mass is 9.93. The SMILES string of the molecule is O=C(CO)N1CCN(c2ccc(N3C=C(C4OCCNC4c4cc(F)ccc4F)C=CC3)cc2)CC1. The summed E-state index contributed by atoms with van der Waals surface area (Å²) in [5.41, 5.74) is 3.23. The Kier molecular flexibility index (Phi) is 7.31. The molecule has 2 unspecified atom stereocenters. The molecule has 7 nitrogen and oxygen atoms in total. The Labute approximate surface area is 209 Å². The third-order valence-electron chi connectivity index (χ3n) is 6.92. The first-order valence-electron chi connectivity index (χ1n) is 12.2. The van der Waals surface area contributed by atoms with Gasteiger partial charge in [-0.1, -0.05) is 12.2 Å². The third-order valence-corrected chi connectivity index (χ3v) is 6.92. The van der Waals surface area contributed by atoms with Crippen LogP contribution in [0, 0.1) is 11.6 Å². The van der Waals surface area contributed by atoms with Gasteiger partial charge in [0.15, 0.2) is 0 Å². The van der Waals surface area contributed by atoms with Gasteiger partial charge in [-0.25, -0.2) is 8.78 Å². The maximum Gasteiger partial charge on any atom is 0.248 e. The van der Waals surface area contributed by atoms with Gasteiger partial charge in [-0.15, -0.1) is 0 Å². The minimum Gasteiger partial charge on any atom is -0.387 e. The molecule has 0 bridgehead atoms. The number of aliphatic hydroxyl groups excluding tert-OH is 1. The molecule has 2 saturated heterocycles. The van der Waals surface area contributed by atoms with Crippen LogP contribution in [0.5, 0.6) is 0 Å². The van der Waals surface area contributed by atoms with E-state index in [1.165, 1.54) is 6.07 Å². The van der Waals surface area contributed by atoms with Crippen molar-refractivity contribution in [3.05, 3.63) is 83.6 Å². The number of anilines is 2. The van der Waals surface area contributed by atoms with E-state index in [2.05, 4.69) is 39.4 Å².